The van der Waals surface area contributed by atoms with Crippen molar-refractivity contribution < 1.29 is 0 Å². The third-order valence-electron chi connectivity index (χ3n) is 9.43. The summed E-state index contributed by atoms with van der Waals surface area (Å²) in [4.78, 5) is 0. The summed E-state index contributed by atoms with van der Waals surface area (Å²) in [5.74, 6) is 6.95. The second-order valence-electron chi connectivity index (χ2n) is 10.8. The first kappa shape index (κ1) is 13.7. The molecule has 8 bridgehead atoms. The summed E-state index contributed by atoms with van der Waals surface area (Å²) in [6.07, 6.45) is 19.8. The van der Waals surface area contributed by atoms with E-state index in [9.17, 15) is 0 Å². The van der Waals surface area contributed by atoms with Gasteiger partial charge in [0.1, 0.15) is 7.57 Å². The van der Waals surface area contributed by atoms with Crippen molar-refractivity contribution in [3.05, 3.63) is 0 Å². The maximum absolute atomic E-state index is 2.83. The minimum absolute atomic E-state index is 0.271. The van der Waals surface area contributed by atoms with Gasteiger partial charge in [-0.15, -0.1) is 7.80 Å². The molecule has 0 radical (unpaired) electrons. The largest absolute Gasteiger partial charge is 0.136 e. The highest BCUT2D eigenvalue weighted by atomic mass is 31.1. The maximum atomic E-state index is 2.83. The molecular weight excluding hydrogens is 282 g/mol. The summed E-state index contributed by atoms with van der Waals surface area (Å²) in [7, 11) is 3.10. The molecule has 0 heterocycles. The second kappa shape index (κ2) is 4.36. The Labute approximate surface area is 138 Å². The number of hydrogen-bond donors (Lipinski definition) is 0. The van der Waals surface area contributed by atoms with Gasteiger partial charge in [0.05, 0.1) is 0 Å². The topological polar surface area (TPSA) is 0 Å². The standard InChI is InChI=1S/C20H32BP/c21-22(19-7-13-1-14(8-19)3-15(2-13)9-19)20-10-16-4-17(11-20)6-18(5-16)12-20/h13-18H,1-12,21H2/t13-,14+,15?,16-,17+,18?,19?,20?,22?. The van der Waals surface area contributed by atoms with E-state index in [-0.39, 0.29) is 7.80 Å². The van der Waals surface area contributed by atoms with E-state index in [1.807, 2.05) is 0 Å². The number of rotatable bonds is 2. The van der Waals surface area contributed by atoms with E-state index < -0.39 is 0 Å². The summed E-state index contributed by atoms with van der Waals surface area (Å²) in [6, 6.07) is 0. The van der Waals surface area contributed by atoms with Gasteiger partial charge < -0.3 is 0 Å². The van der Waals surface area contributed by atoms with Gasteiger partial charge in [-0.1, -0.05) is 0 Å². The van der Waals surface area contributed by atoms with Gasteiger partial charge in [0.2, 0.25) is 0 Å². The van der Waals surface area contributed by atoms with Gasteiger partial charge >= 0.3 is 0 Å². The normalized spacial score (nSPS) is 62.5. The van der Waals surface area contributed by atoms with Crippen molar-refractivity contribution in [1.29, 1.82) is 0 Å². The molecule has 0 N–H and O–H groups in total. The Morgan fingerprint density at radius 3 is 0.955 bits per heavy atom. The summed E-state index contributed by atoms with van der Waals surface area (Å²) in [5, 5.41) is 1.74. The van der Waals surface area contributed by atoms with Gasteiger partial charge in [-0.3, -0.25) is 0 Å². The van der Waals surface area contributed by atoms with Crippen molar-refractivity contribution in [2.24, 2.45) is 35.5 Å². The Morgan fingerprint density at radius 2 is 0.727 bits per heavy atom. The number of hydrogen-bond acceptors (Lipinski definition) is 0. The Bertz CT molecular complexity index is 383. The molecule has 0 saturated heterocycles. The lowest BCUT2D eigenvalue weighted by molar-refractivity contribution is 0.0201. The third-order valence-corrected chi connectivity index (χ3v) is 13.4. The third kappa shape index (κ3) is 1.76. The van der Waals surface area contributed by atoms with E-state index in [1.165, 1.54) is 0 Å². The minimum Gasteiger partial charge on any atom is -0.136 e. The molecule has 0 aliphatic heterocycles. The van der Waals surface area contributed by atoms with Crippen LogP contribution < -0.4 is 0 Å². The second-order valence-corrected chi connectivity index (χ2v) is 13.9. The molecular formula is C20H32BP. The summed E-state index contributed by atoms with van der Waals surface area (Å²) >= 11 is 0. The molecule has 22 heavy (non-hydrogen) atoms. The first-order valence-electron chi connectivity index (χ1n) is 10.4. The quantitative estimate of drug-likeness (QED) is 0.499. The van der Waals surface area contributed by atoms with E-state index in [0.717, 1.165) is 45.8 Å². The van der Waals surface area contributed by atoms with Crippen LogP contribution in [-0.2, 0) is 0 Å². The van der Waals surface area contributed by atoms with Crippen LogP contribution in [0.5, 0.6) is 0 Å². The predicted octanol–water partition coefficient (Wildman–Crippen LogP) is 4.95. The minimum atomic E-state index is 0.271. The molecule has 8 saturated carbocycles. The molecule has 2 heteroatoms. The van der Waals surface area contributed by atoms with E-state index in [0.29, 0.717) is 0 Å². The highest BCUT2D eigenvalue weighted by molar-refractivity contribution is 7.84. The molecule has 8 aliphatic carbocycles. The first-order valence-corrected chi connectivity index (χ1v) is 12.2. The van der Waals surface area contributed by atoms with Crippen LogP contribution in [0.4, 0.5) is 0 Å². The van der Waals surface area contributed by atoms with Crippen molar-refractivity contribution in [2.75, 3.05) is 0 Å². The van der Waals surface area contributed by atoms with Gasteiger partial charge in [-0.2, -0.15) is 0 Å². The van der Waals surface area contributed by atoms with Crippen LogP contribution in [0.15, 0.2) is 0 Å². The molecule has 8 aliphatic rings. The average molecular weight is 314 g/mol. The molecule has 0 aromatic rings. The predicted molar refractivity (Wildman–Crippen MR) is 97.3 cm³/mol. The highest BCUT2D eigenvalue weighted by Crippen LogP contribution is 2.77. The van der Waals surface area contributed by atoms with Crippen LogP contribution >= 0.6 is 7.80 Å². The first-order chi connectivity index (χ1) is 10.6. The molecule has 8 fully saturated rings. The van der Waals surface area contributed by atoms with Crippen LogP contribution in [-0.4, -0.2) is 17.9 Å². The van der Waals surface area contributed by atoms with Crippen LogP contribution in [0, 0.1) is 35.5 Å². The summed E-state index contributed by atoms with van der Waals surface area (Å²) in [5.41, 5.74) is 0. The maximum Gasteiger partial charge on any atom is 0.135 e. The fourth-order valence-corrected chi connectivity index (χ4v) is 13.7. The fraction of sp³-hybridized carbons (Fsp3) is 1.00. The zero-order chi connectivity index (χ0) is 14.5. The molecule has 0 unspecified atom stereocenters. The molecule has 0 aromatic carbocycles. The zero-order valence-electron chi connectivity index (χ0n) is 14.4. The van der Waals surface area contributed by atoms with Crippen LogP contribution in [0.1, 0.15) is 77.0 Å². The van der Waals surface area contributed by atoms with Gasteiger partial charge in [0, 0.05) is 0 Å². The van der Waals surface area contributed by atoms with Crippen molar-refractivity contribution in [3.63, 3.8) is 0 Å². The highest BCUT2D eigenvalue weighted by Gasteiger charge is 2.60. The van der Waals surface area contributed by atoms with Gasteiger partial charge in [0.25, 0.3) is 0 Å². The van der Waals surface area contributed by atoms with Crippen molar-refractivity contribution in [2.45, 2.75) is 87.4 Å². The Kier molecular flexibility index (Phi) is 2.73. The van der Waals surface area contributed by atoms with Crippen LogP contribution in [0.2, 0.25) is 0 Å². The van der Waals surface area contributed by atoms with Crippen molar-refractivity contribution in [3.8, 4) is 0 Å². The summed E-state index contributed by atoms with van der Waals surface area (Å²) < 4.78 is 0. The molecule has 0 atom stereocenters. The zero-order valence-corrected chi connectivity index (χ0v) is 15.3. The smallest absolute Gasteiger partial charge is 0.135 e. The van der Waals surface area contributed by atoms with Crippen molar-refractivity contribution in [1.82, 2.24) is 0 Å². The van der Waals surface area contributed by atoms with Crippen LogP contribution in [0.25, 0.3) is 0 Å². The van der Waals surface area contributed by atoms with Gasteiger partial charge in [-0.25, -0.2) is 0 Å². The molecule has 0 amide bonds. The molecule has 0 spiro atoms. The van der Waals surface area contributed by atoms with Gasteiger partial charge in [-0.05, 0) is 123 Å². The lowest BCUT2D eigenvalue weighted by atomic mass is 9.55. The average Bonchev–Trinajstić information content (AvgIpc) is 2.43. The lowest BCUT2D eigenvalue weighted by Crippen LogP contribution is -2.56. The molecule has 8 rings (SSSR count). The molecule has 120 valence electrons. The Morgan fingerprint density at radius 1 is 0.500 bits per heavy atom. The van der Waals surface area contributed by atoms with E-state index >= 15 is 0 Å². The SMILES string of the molecule is BP(C12CC3C[C@H](C1)C[C@@H](C3)C2)C12CC3C[C@H](C1)C[C@@H](C3)C2. The van der Waals surface area contributed by atoms with E-state index in [2.05, 4.69) is 7.57 Å². The summed E-state index contributed by atoms with van der Waals surface area (Å²) in [6.45, 7) is 0. The van der Waals surface area contributed by atoms with E-state index in [4.69, 9.17) is 0 Å². The van der Waals surface area contributed by atoms with E-state index in [1.54, 1.807) is 77.0 Å². The Balaban J connectivity index is 1.36. The monoisotopic (exact) mass is 314 g/mol. The molecule has 0 aromatic heterocycles. The van der Waals surface area contributed by atoms with Crippen LogP contribution in [0.3, 0.4) is 0 Å². The Hall–Kier alpha value is 0.495. The molecule has 0 nitrogen and oxygen atoms in total. The van der Waals surface area contributed by atoms with Gasteiger partial charge in [0.15, 0.2) is 0 Å². The van der Waals surface area contributed by atoms with Crippen molar-refractivity contribution >= 4 is 15.4 Å². The fourth-order valence-electron chi connectivity index (χ4n) is 9.45. The lowest BCUT2D eigenvalue weighted by Gasteiger charge is -2.67.